The Labute approximate surface area is 215 Å². The molecular formula is C30H45NO5. The Balaban J connectivity index is 1.55. The number of ether oxygens (including phenoxy) is 1. The summed E-state index contributed by atoms with van der Waals surface area (Å²) in [7, 11) is 0. The summed E-state index contributed by atoms with van der Waals surface area (Å²) < 4.78 is 6.57. The molecule has 200 valence electrons. The number of hydrogen-bond donors (Lipinski definition) is 2. The molecule has 1 aliphatic heterocycles. The maximum Gasteiger partial charge on any atom is 0.313 e. The molecule has 6 aliphatic rings. The van der Waals surface area contributed by atoms with Crippen LogP contribution in [0.3, 0.4) is 0 Å². The first-order valence-electron chi connectivity index (χ1n) is 14.3. The second kappa shape index (κ2) is 6.95. The second-order valence-electron chi connectivity index (χ2n) is 15.4. The molecule has 5 aliphatic carbocycles. The van der Waals surface area contributed by atoms with Gasteiger partial charge in [0.1, 0.15) is 5.78 Å². The number of carbonyl (C=O) groups is 2. The molecule has 0 aromatic rings. The fourth-order valence-electron chi connectivity index (χ4n) is 11.7. The minimum atomic E-state index is -1.07. The molecule has 36 heavy (non-hydrogen) atoms. The largest absolute Gasteiger partial charge is 0.455 e. The summed E-state index contributed by atoms with van der Waals surface area (Å²) in [5.41, 5.74) is -3.12. The van der Waals surface area contributed by atoms with Crippen LogP contribution < -0.4 is 0 Å². The Morgan fingerprint density at radius 1 is 0.917 bits per heavy atom. The first-order chi connectivity index (χ1) is 16.7. The summed E-state index contributed by atoms with van der Waals surface area (Å²) in [5.74, 6) is 0.510. The van der Waals surface area contributed by atoms with E-state index in [1.54, 1.807) is 6.21 Å². The lowest BCUT2D eigenvalue weighted by Gasteiger charge is -2.73. The number of oxime groups is 1. The molecule has 1 spiro atoms. The van der Waals surface area contributed by atoms with Gasteiger partial charge in [-0.2, -0.15) is 0 Å². The zero-order chi connectivity index (χ0) is 26.2. The number of nitrogens with zero attached hydrogens (tertiary/aromatic N) is 1. The van der Waals surface area contributed by atoms with Crippen molar-refractivity contribution in [3.8, 4) is 0 Å². The van der Waals surface area contributed by atoms with Gasteiger partial charge < -0.3 is 15.1 Å². The highest BCUT2D eigenvalue weighted by Gasteiger charge is 2.84. The topological polar surface area (TPSA) is 96.2 Å². The first-order valence-corrected chi connectivity index (χ1v) is 14.3. The average Bonchev–Trinajstić information content (AvgIpc) is 2.97. The Hall–Kier alpha value is -1.43. The van der Waals surface area contributed by atoms with Crippen LogP contribution in [-0.2, 0) is 14.3 Å². The van der Waals surface area contributed by atoms with Gasteiger partial charge in [-0.15, -0.1) is 5.16 Å². The van der Waals surface area contributed by atoms with Gasteiger partial charge in [0.25, 0.3) is 0 Å². The van der Waals surface area contributed by atoms with E-state index in [0.29, 0.717) is 25.0 Å². The molecule has 0 radical (unpaired) electrons. The highest BCUT2D eigenvalue weighted by Crippen LogP contribution is 2.80. The number of esters is 1. The summed E-state index contributed by atoms with van der Waals surface area (Å²) in [6.45, 7) is 13.4. The molecule has 6 fully saturated rings. The molecule has 6 rings (SSSR count). The van der Waals surface area contributed by atoms with Crippen molar-refractivity contribution in [1.29, 1.82) is 0 Å². The van der Waals surface area contributed by atoms with Crippen LogP contribution >= 0.6 is 0 Å². The van der Waals surface area contributed by atoms with Crippen molar-refractivity contribution in [3.63, 3.8) is 0 Å². The third-order valence-corrected chi connectivity index (χ3v) is 13.6. The molecule has 6 heteroatoms. The van der Waals surface area contributed by atoms with E-state index in [2.05, 4.69) is 46.7 Å². The molecule has 0 unspecified atom stereocenters. The number of hydrogen-bond acceptors (Lipinski definition) is 6. The lowest BCUT2D eigenvalue weighted by Crippen LogP contribution is -2.77. The fraction of sp³-hybridized carbons (Fsp3) is 0.900. The van der Waals surface area contributed by atoms with E-state index in [4.69, 9.17) is 4.74 Å². The summed E-state index contributed by atoms with van der Waals surface area (Å²) in [5, 5.41) is 26.1. The summed E-state index contributed by atoms with van der Waals surface area (Å²) in [4.78, 5) is 26.8. The molecule has 9 atom stereocenters. The molecule has 5 saturated carbocycles. The molecule has 2 bridgehead atoms. The van der Waals surface area contributed by atoms with Gasteiger partial charge in [-0.25, -0.2) is 0 Å². The van der Waals surface area contributed by atoms with Gasteiger partial charge in [-0.05, 0) is 85.9 Å². The minimum absolute atomic E-state index is 0.0590. The first kappa shape index (κ1) is 24.9. The van der Waals surface area contributed by atoms with Gasteiger partial charge in [0, 0.05) is 17.8 Å². The smallest absolute Gasteiger partial charge is 0.313 e. The Kier molecular flexibility index (Phi) is 4.80. The minimum Gasteiger partial charge on any atom is -0.455 e. The van der Waals surface area contributed by atoms with Crippen LogP contribution in [0.5, 0.6) is 0 Å². The number of carbonyl (C=O) groups excluding carboxylic acids is 2. The van der Waals surface area contributed by atoms with Crippen LogP contribution in [0.25, 0.3) is 0 Å². The van der Waals surface area contributed by atoms with E-state index in [0.717, 1.165) is 44.9 Å². The molecule has 1 saturated heterocycles. The van der Waals surface area contributed by atoms with Crippen molar-refractivity contribution >= 4 is 18.0 Å². The Bertz CT molecular complexity index is 1050. The second-order valence-corrected chi connectivity index (χ2v) is 15.4. The van der Waals surface area contributed by atoms with E-state index in [-0.39, 0.29) is 45.4 Å². The molecular weight excluding hydrogens is 454 g/mol. The normalized spacial score (nSPS) is 54.8. The lowest BCUT2D eigenvalue weighted by molar-refractivity contribution is -0.292. The van der Waals surface area contributed by atoms with Crippen LogP contribution in [0.15, 0.2) is 5.16 Å². The predicted octanol–water partition coefficient (Wildman–Crippen LogP) is 5.53. The zero-order valence-corrected chi connectivity index (χ0v) is 23.0. The number of aliphatic hydroxyl groups excluding tert-OH is 1. The van der Waals surface area contributed by atoms with E-state index in [9.17, 15) is 19.9 Å². The Morgan fingerprint density at radius 3 is 2.31 bits per heavy atom. The van der Waals surface area contributed by atoms with E-state index >= 15 is 0 Å². The van der Waals surface area contributed by atoms with Crippen molar-refractivity contribution in [2.75, 3.05) is 0 Å². The highest BCUT2D eigenvalue weighted by atomic mass is 16.6. The maximum absolute atomic E-state index is 13.8. The molecule has 2 N–H and O–H groups in total. The van der Waals surface area contributed by atoms with Crippen LogP contribution in [-0.4, -0.2) is 40.0 Å². The number of aliphatic hydroxyl groups is 1. The van der Waals surface area contributed by atoms with E-state index in [1.807, 2.05) is 0 Å². The Morgan fingerprint density at radius 2 is 1.61 bits per heavy atom. The molecule has 1 heterocycles. The summed E-state index contributed by atoms with van der Waals surface area (Å²) in [6.07, 6.45) is 8.65. The van der Waals surface area contributed by atoms with Gasteiger partial charge in [-0.3, -0.25) is 9.59 Å². The quantitative estimate of drug-likeness (QED) is 0.214. The molecule has 0 aromatic heterocycles. The van der Waals surface area contributed by atoms with Gasteiger partial charge in [-0.1, -0.05) is 41.5 Å². The number of fused-ring (bicyclic) bond motifs is 4. The predicted molar refractivity (Wildman–Crippen MR) is 135 cm³/mol. The highest BCUT2D eigenvalue weighted by molar-refractivity contribution is 5.86. The standard InChI is InChI=1S/C30H45NO5/c1-24(2)11-12-28-13-14-29(17-31-35)27(6)10-7-18-25(3,4)21(32)8-9-26(18,5)19(27)15-22(33)30(29,20(28)16-24)36-23(28)34/h17-20,22,33,35H,7-16H2,1-6H3/b31-17+/t18-,19+,20+,22-,26-,27+,28-,29+,30+/m0/s1. The van der Waals surface area contributed by atoms with Gasteiger partial charge >= 0.3 is 5.97 Å². The van der Waals surface area contributed by atoms with Crippen molar-refractivity contribution in [2.45, 2.75) is 117 Å². The number of rotatable bonds is 1. The van der Waals surface area contributed by atoms with Gasteiger partial charge in [0.2, 0.25) is 0 Å². The van der Waals surface area contributed by atoms with E-state index in [1.165, 1.54) is 0 Å². The van der Waals surface area contributed by atoms with Gasteiger partial charge in [0.15, 0.2) is 5.60 Å². The molecule has 0 aromatic carbocycles. The molecule has 6 nitrogen and oxygen atoms in total. The zero-order valence-electron chi connectivity index (χ0n) is 23.0. The number of Topliss-reactive ketones (excluding diaryl/α,β-unsaturated/α-hetero) is 1. The third kappa shape index (κ3) is 2.47. The van der Waals surface area contributed by atoms with Crippen LogP contribution in [0.1, 0.15) is 106 Å². The van der Waals surface area contributed by atoms with E-state index < -0.39 is 22.5 Å². The van der Waals surface area contributed by atoms with Crippen molar-refractivity contribution in [3.05, 3.63) is 0 Å². The maximum atomic E-state index is 13.8. The molecule has 0 amide bonds. The average molecular weight is 500 g/mol. The van der Waals surface area contributed by atoms with Crippen LogP contribution in [0, 0.1) is 50.2 Å². The summed E-state index contributed by atoms with van der Waals surface area (Å²) >= 11 is 0. The SMILES string of the molecule is CC1(C)CC[C@@]23CC[C@]4(/C=N/O)[C@@](OC2=O)([C@@H]3C1)[C@@H](O)C[C@@H]1[C@@]2(C)CCC(=O)C(C)(C)[C@@H]2CC[C@]14C. The fourth-order valence-corrected chi connectivity index (χ4v) is 11.7. The third-order valence-electron chi connectivity index (χ3n) is 13.6. The number of ketones is 1. The van der Waals surface area contributed by atoms with Crippen molar-refractivity contribution in [2.24, 2.45) is 55.4 Å². The van der Waals surface area contributed by atoms with Crippen LogP contribution in [0.4, 0.5) is 0 Å². The lowest BCUT2D eigenvalue weighted by atomic mass is 9.30. The summed E-state index contributed by atoms with van der Waals surface area (Å²) in [6, 6.07) is 0. The van der Waals surface area contributed by atoms with Crippen molar-refractivity contribution < 1.29 is 24.6 Å². The van der Waals surface area contributed by atoms with Crippen molar-refractivity contribution in [1.82, 2.24) is 0 Å². The van der Waals surface area contributed by atoms with Crippen LogP contribution in [0.2, 0.25) is 0 Å². The monoisotopic (exact) mass is 499 g/mol. The van der Waals surface area contributed by atoms with Gasteiger partial charge in [0.05, 0.1) is 23.1 Å².